The molecule has 1 aliphatic heterocycles. The molecule has 0 fully saturated rings. The van der Waals surface area contributed by atoms with Crippen molar-refractivity contribution in [2.75, 3.05) is 13.2 Å². The van der Waals surface area contributed by atoms with E-state index in [2.05, 4.69) is 30.7 Å². The summed E-state index contributed by atoms with van der Waals surface area (Å²) < 4.78 is 11.9. The number of aromatic amines is 1. The summed E-state index contributed by atoms with van der Waals surface area (Å²) in [4.78, 5) is 7.94. The van der Waals surface area contributed by atoms with Gasteiger partial charge in [-0.1, -0.05) is 33.0 Å². The average Bonchev–Trinajstić information content (AvgIpc) is 2.34. The molecule has 1 N–H and O–H groups in total. The smallest absolute Gasteiger partial charge is 0.137 e. The van der Waals surface area contributed by atoms with Gasteiger partial charge < -0.3 is 14.5 Å². The summed E-state index contributed by atoms with van der Waals surface area (Å²) in [5.74, 6) is 0.833. The first kappa shape index (κ1) is 14.6. The number of ether oxygens (including phenoxy) is 2. The van der Waals surface area contributed by atoms with Crippen LogP contribution in [-0.4, -0.2) is 23.2 Å². The van der Waals surface area contributed by atoms with Gasteiger partial charge in [-0.05, 0) is 12.3 Å². The van der Waals surface area contributed by atoms with Crippen LogP contribution in [0.3, 0.4) is 0 Å². The van der Waals surface area contributed by atoms with Gasteiger partial charge in [-0.2, -0.15) is 0 Å². The largest absolute Gasteiger partial charge is 0.376 e. The van der Waals surface area contributed by atoms with E-state index < -0.39 is 0 Å². The van der Waals surface area contributed by atoms with E-state index in [4.69, 9.17) is 21.7 Å². The molecule has 1 aromatic heterocycles. The topological polar surface area (TPSA) is 47.1 Å². The number of fused-ring (bicyclic) bond motifs is 1. The zero-order valence-electron chi connectivity index (χ0n) is 12.1. The first-order valence-electron chi connectivity index (χ1n) is 6.74. The number of H-pyrrole nitrogens is 1. The van der Waals surface area contributed by atoms with Crippen LogP contribution in [0.25, 0.3) is 0 Å². The van der Waals surface area contributed by atoms with Crippen LogP contribution in [0.5, 0.6) is 0 Å². The van der Waals surface area contributed by atoms with Gasteiger partial charge in [0.15, 0.2) is 0 Å². The summed E-state index contributed by atoms with van der Waals surface area (Å²) in [6.45, 7) is 10.4. The normalized spacial score (nSPS) is 17.1. The number of hydrogen-bond donors (Lipinski definition) is 1. The molecule has 5 heteroatoms. The van der Waals surface area contributed by atoms with E-state index in [1.54, 1.807) is 0 Å². The Kier molecular flexibility index (Phi) is 4.38. The lowest BCUT2D eigenvalue weighted by Crippen LogP contribution is -2.25. The minimum Gasteiger partial charge on any atom is -0.376 e. The summed E-state index contributed by atoms with van der Waals surface area (Å²) in [5.41, 5.74) is 2.14. The lowest BCUT2D eigenvalue weighted by Gasteiger charge is -2.30. The molecule has 1 atom stereocenters. The summed E-state index contributed by atoms with van der Waals surface area (Å²) in [7, 11) is 0. The Morgan fingerprint density at radius 1 is 1.47 bits per heavy atom. The first-order valence-corrected chi connectivity index (χ1v) is 7.15. The van der Waals surface area contributed by atoms with Gasteiger partial charge in [-0.15, -0.1) is 0 Å². The molecule has 1 aromatic rings. The molecule has 0 spiro atoms. The summed E-state index contributed by atoms with van der Waals surface area (Å²) in [5, 5.41) is 0. The van der Waals surface area contributed by atoms with Crippen molar-refractivity contribution in [3.63, 3.8) is 0 Å². The fourth-order valence-electron chi connectivity index (χ4n) is 2.30. The molecule has 106 valence electrons. The molecule has 1 aliphatic rings. The van der Waals surface area contributed by atoms with Crippen LogP contribution in [0, 0.1) is 10.1 Å². The number of aromatic nitrogens is 2. The predicted molar refractivity (Wildman–Crippen MR) is 76.6 cm³/mol. The SMILES string of the molecule is CCOC(c1nc(=S)c2c([nH]1)CCOC2)C(C)(C)C. The molecular formula is C14H22N2O2S. The first-order chi connectivity index (χ1) is 8.93. The van der Waals surface area contributed by atoms with Crippen molar-refractivity contribution in [3.05, 3.63) is 21.7 Å². The fraction of sp³-hybridized carbons (Fsp3) is 0.714. The van der Waals surface area contributed by atoms with E-state index in [0.29, 0.717) is 17.9 Å². The summed E-state index contributed by atoms with van der Waals surface area (Å²) in [6, 6.07) is 0. The molecule has 0 bridgehead atoms. The highest BCUT2D eigenvalue weighted by Crippen LogP contribution is 2.34. The Labute approximate surface area is 119 Å². The number of hydrogen-bond acceptors (Lipinski definition) is 4. The van der Waals surface area contributed by atoms with Gasteiger partial charge in [0, 0.05) is 24.3 Å². The molecule has 1 unspecified atom stereocenters. The molecule has 0 aliphatic carbocycles. The maximum atomic E-state index is 5.87. The maximum Gasteiger partial charge on any atom is 0.137 e. The molecule has 2 heterocycles. The van der Waals surface area contributed by atoms with Crippen LogP contribution in [0.15, 0.2) is 0 Å². The van der Waals surface area contributed by atoms with Gasteiger partial charge >= 0.3 is 0 Å². The second kappa shape index (κ2) is 5.69. The van der Waals surface area contributed by atoms with Crippen molar-refractivity contribution in [3.8, 4) is 0 Å². The molecule has 19 heavy (non-hydrogen) atoms. The Bertz CT molecular complexity index is 505. The molecule has 0 saturated heterocycles. The number of rotatable bonds is 3. The van der Waals surface area contributed by atoms with Gasteiger partial charge in [-0.3, -0.25) is 0 Å². The third-order valence-electron chi connectivity index (χ3n) is 3.23. The van der Waals surface area contributed by atoms with Crippen LogP contribution in [0.1, 0.15) is 50.9 Å². The van der Waals surface area contributed by atoms with Crippen LogP contribution >= 0.6 is 12.2 Å². The Morgan fingerprint density at radius 2 is 2.21 bits per heavy atom. The highest BCUT2D eigenvalue weighted by molar-refractivity contribution is 7.71. The third-order valence-corrected chi connectivity index (χ3v) is 3.57. The zero-order chi connectivity index (χ0) is 14.0. The number of nitrogens with zero attached hydrogens (tertiary/aromatic N) is 1. The third kappa shape index (κ3) is 3.22. The predicted octanol–water partition coefficient (Wildman–Crippen LogP) is 3.34. The highest BCUT2D eigenvalue weighted by atomic mass is 32.1. The van der Waals surface area contributed by atoms with Crippen molar-refractivity contribution in [2.45, 2.75) is 46.8 Å². The Balaban J connectivity index is 2.44. The maximum absolute atomic E-state index is 5.87. The van der Waals surface area contributed by atoms with Gasteiger partial charge in [0.1, 0.15) is 16.6 Å². The molecule has 0 amide bonds. The van der Waals surface area contributed by atoms with E-state index in [1.807, 2.05) is 6.92 Å². The molecular weight excluding hydrogens is 260 g/mol. The summed E-state index contributed by atoms with van der Waals surface area (Å²) >= 11 is 5.39. The molecule has 4 nitrogen and oxygen atoms in total. The van der Waals surface area contributed by atoms with Gasteiger partial charge in [0.05, 0.1) is 13.2 Å². The molecule has 0 saturated carbocycles. The van der Waals surface area contributed by atoms with Crippen molar-refractivity contribution < 1.29 is 9.47 Å². The van der Waals surface area contributed by atoms with Gasteiger partial charge in [0.2, 0.25) is 0 Å². The van der Waals surface area contributed by atoms with Crippen LogP contribution in [0.4, 0.5) is 0 Å². The molecule has 2 rings (SSSR count). The minimum atomic E-state index is -0.0765. The van der Waals surface area contributed by atoms with E-state index in [9.17, 15) is 0 Å². The monoisotopic (exact) mass is 282 g/mol. The quantitative estimate of drug-likeness (QED) is 0.864. The number of nitrogens with one attached hydrogen (secondary N) is 1. The van der Waals surface area contributed by atoms with Crippen LogP contribution in [-0.2, 0) is 22.5 Å². The van der Waals surface area contributed by atoms with E-state index in [0.717, 1.165) is 30.1 Å². The lowest BCUT2D eigenvalue weighted by atomic mass is 9.88. The standard InChI is InChI=1S/C14H22N2O2S/c1-5-18-11(14(2,3)4)12-15-10-6-7-17-8-9(10)13(19)16-12/h11H,5-8H2,1-4H3,(H,15,16,19). The van der Waals surface area contributed by atoms with Crippen molar-refractivity contribution >= 4 is 12.2 Å². The lowest BCUT2D eigenvalue weighted by molar-refractivity contribution is -0.0196. The average molecular weight is 282 g/mol. The van der Waals surface area contributed by atoms with Crippen molar-refractivity contribution in [1.82, 2.24) is 9.97 Å². The highest BCUT2D eigenvalue weighted by Gasteiger charge is 2.30. The van der Waals surface area contributed by atoms with Crippen LogP contribution in [0.2, 0.25) is 0 Å². The van der Waals surface area contributed by atoms with E-state index >= 15 is 0 Å². The fourth-order valence-corrected chi connectivity index (χ4v) is 2.59. The second-order valence-corrected chi connectivity index (χ2v) is 6.27. The van der Waals surface area contributed by atoms with Crippen molar-refractivity contribution in [2.24, 2.45) is 5.41 Å². The molecule has 0 radical (unpaired) electrons. The van der Waals surface area contributed by atoms with E-state index in [1.165, 1.54) is 0 Å². The zero-order valence-corrected chi connectivity index (χ0v) is 12.9. The Hall–Kier alpha value is -0.780. The Morgan fingerprint density at radius 3 is 2.84 bits per heavy atom. The van der Waals surface area contributed by atoms with E-state index in [-0.39, 0.29) is 11.5 Å². The minimum absolute atomic E-state index is 0.0271. The summed E-state index contributed by atoms with van der Waals surface area (Å²) in [6.07, 6.45) is 0.782. The van der Waals surface area contributed by atoms with Crippen LogP contribution < -0.4 is 0 Å². The van der Waals surface area contributed by atoms with Gasteiger partial charge in [-0.25, -0.2) is 4.98 Å². The van der Waals surface area contributed by atoms with Crippen molar-refractivity contribution in [1.29, 1.82) is 0 Å². The molecule has 0 aromatic carbocycles. The van der Waals surface area contributed by atoms with Gasteiger partial charge in [0.25, 0.3) is 0 Å². The second-order valence-electron chi connectivity index (χ2n) is 5.89.